The molecule has 0 aromatic heterocycles. The van der Waals surface area contributed by atoms with Crippen molar-refractivity contribution in [1.29, 1.82) is 0 Å². The van der Waals surface area contributed by atoms with Gasteiger partial charge in [-0.25, -0.2) is 0 Å². The second kappa shape index (κ2) is 9.82. The molecule has 1 fully saturated rings. The van der Waals surface area contributed by atoms with E-state index >= 15 is 0 Å². The number of amides is 1. The monoisotopic (exact) mass is 325 g/mol. The summed E-state index contributed by atoms with van der Waals surface area (Å²) >= 11 is 0. The van der Waals surface area contributed by atoms with Gasteiger partial charge in [-0.15, -0.1) is 12.4 Å². The number of rotatable bonds is 6. The average molecular weight is 326 g/mol. The number of piperidine rings is 1. The van der Waals surface area contributed by atoms with Gasteiger partial charge in [0.15, 0.2) is 0 Å². The lowest BCUT2D eigenvalue weighted by Gasteiger charge is -2.32. The smallest absolute Gasteiger partial charge is 0.251 e. The Kier molecular flexibility index (Phi) is 8.46. The van der Waals surface area contributed by atoms with Crippen LogP contribution in [-0.2, 0) is 6.42 Å². The van der Waals surface area contributed by atoms with Gasteiger partial charge >= 0.3 is 0 Å². The summed E-state index contributed by atoms with van der Waals surface area (Å²) in [6, 6.07) is 8.20. The van der Waals surface area contributed by atoms with Crippen molar-refractivity contribution in [2.75, 3.05) is 33.2 Å². The Hall–Kier alpha value is -1.10. The van der Waals surface area contributed by atoms with E-state index in [-0.39, 0.29) is 24.4 Å². The van der Waals surface area contributed by atoms with Gasteiger partial charge in [0.2, 0.25) is 0 Å². The Morgan fingerprint density at radius 3 is 2.86 bits per heavy atom. The minimum absolute atomic E-state index is 0. The molecule has 1 aliphatic rings. The van der Waals surface area contributed by atoms with E-state index in [0.29, 0.717) is 0 Å². The number of hydrogen-bond donors (Lipinski definition) is 2. The highest BCUT2D eigenvalue weighted by Gasteiger charge is 2.21. The van der Waals surface area contributed by atoms with E-state index in [9.17, 15) is 4.79 Å². The van der Waals surface area contributed by atoms with Gasteiger partial charge in [0.05, 0.1) is 0 Å². The maximum absolute atomic E-state index is 12.5. The van der Waals surface area contributed by atoms with Crippen molar-refractivity contribution in [2.24, 2.45) is 0 Å². The van der Waals surface area contributed by atoms with Crippen LogP contribution in [0.2, 0.25) is 0 Å². The van der Waals surface area contributed by atoms with Gasteiger partial charge in [0.1, 0.15) is 0 Å². The Morgan fingerprint density at radius 2 is 2.14 bits per heavy atom. The van der Waals surface area contributed by atoms with Gasteiger partial charge in [0, 0.05) is 18.2 Å². The number of hydrogen-bond acceptors (Lipinski definition) is 3. The van der Waals surface area contributed by atoms with Crippen molar-refractivity contribution >= 4 is 18.3 Å². The Bertz CT molecular complexity index is 467. The third-order valence-corrected chi connectivity index (χ3v) is 4.19. The molecule has 2 N–H and O–H groups in total. The molecule has 1 heterocycles. The Balaban J connectivity index is 0.00000242. The first-order valence-electron chi connectivity index (χ1n) is 8.00. The van der Waals surface area contributed by atoms with Gasteiger partial charge in [-0.1, -0.05) is 25.1 Å². The van der Waals surface area contributed by atoms with Gasteiger partial charge in [-0.3, -0.25) is 4.79 Å². The minimum Gasteiger partial charge on any atom is -0.348 e. The normalized spacial score (nSPS) is 18.5. The molecule has 1 aliphatic heterocycles. The minimum atomic E-state index is 0. The standard InChI is InChI=1S/C17H27N3O.ClH/c1-3-20-12-6-8-15(13-20)19-17(21)16-9-5-4-7-14(16)10-11-18-2;/h4-5,7,9,15,18H,3,6,8,10-13H2,1-2H3,(H,19,21);1H. The van der Waals surface area contributed by atoms with Crippen LogP contribution in [0.25, 0.3) is 0 Å². The molecular formula is C17H28ClN3O. The van der Waals surface area contributed by atoms with Crippen molar-refractivity contribution in [3.63, 3.8) is 0 Å². The first kappa shape index (κ1) is 18.9. The lowest BCUT2D eigenvalue weighted by molar-refractivity contribution is 0.0905. The highest BCUT2D eigenvalue weighted by Crippen LogP contribution is 2.13. The molecule has 0 aliphatic carbocycles. The molecule has 0 radical (unpaired) electrons. The summed E-state index contributed by atoms with van der Waals surface area (Å²) in [7, 11) is 1.93. The van der Waals surface area contributed by atoms with Crippen molar-refractivity contribution in [2.45, 2.75) is 32.2 Å². The van der Waals surface area contributed by atoms with Crippen LogP contribution >= 0.6 is 12.4 Å². The molecule has 1 amide bonds. The van der Waals surface area contributed by atoms with Gasteiger partial charge in [-0.05, 0) is 57.6 Å². The number of benzene rings is 1. The summed E-state index contributed by atoms with van der Waals surface area (Å²) in [5.41, 5.74) is 1.94. The quantitative estimate of drug-likeness (QED) is 0.841. The third-order valence-electron chi connectivity index (χ3n) is 4.19. The van der Waals surface area contributed by atoms with Crippen LogP contribution in [0.1, 0.15) is 35.7 Å². The van der Waals surface area contributed by atoms with Crippen LogP contribution in [0.15, 0.2) is 24.3 Å². The van der Waals surface area contributed by atoms with Crippen molar-refractivity contribution in [1.82, 2.24) is 15.5 Å². The lowest BCUT2D eigenvalue weighted by atomic mass is 10.0. The van der Waals surface area contributed by atoms with Crippen LogP contribution < -0.4 is 10.6 Å². The zero-order valence-corrected chi connectivity index (χ0v) is 14.4. The zero-order valence-electron chi connectivity index (χ0n) is 13.6. The molecule has 1 unspecified atom stereocenters. The highest BCUT2D eigenvalue weighted by atomic mass is 35.5. The molecule has 1 aromatic carbocycles. The number of carbonyl (C=O) groups is 1. The second-order valence-electron chi connectivity index (χ2n) is 5.72. The molecule has 1 atom stereocenters. The maximum atomic E-state index is 12.5. The second-order valence-corrected chi connectivity index (χ2v) is 5.72. The van der Waals surface area contributed by atoms with E-state index in [1.807, 2.05) is 31.3 Å². The first-order valence-corrected chi connectivity index (χ1v) is 8.00. The summed E-state index contributed by atoms with van der Waals surface area (Å²) in [4.78, 5) is 14.9. The van der Waals surface area contributed by atoms with E-state index in [2.05, 4.69) is 22.5 Å². The number of likely N-dealkylation sites (N-methyl/N-ethyl adjacent to an activating group) is 2. The number of likely N-dealkylation sites (tertiary alicyclic amines) is 1. The van der Waals surface area contributed by atoms with Gasteiger partial charge < -0.3 is 15.5 Å². The van der Waals surface area contributed by atoms with Gasteiger partial charge in [-0.2, -0.15) is 0 Å². The predicted octanol–water partition coefficient (Wildman–Crippen LogP) is 2.08. The molecule has 0 saturated carbocycles. The number of nitrogens with one attached hydrogen (secondary N) is 2. The summed E-state index contributed by atoms with van der Waals surface area (Å²) in [5, 5.41) is 6.35. The van der Waals surface area contributed by atoms with Crippen LogP contribution in [0.5, 0.6) is 0 Å². The van der Waals surface area contributed by atoms with E-state index in [1.165, 1.54) is 6.42 Å². The number of nitrogens with zero attached hydrogens (tertiary/aromatic N) is 1. The van der Waals surface area contributed by atoms with Gasteiger partial charge in [0.25, 0.3) is 5.91 Å². The van der Waals surface area contributed by atoms with Crippen molar-refractivity contribution < 1.29 is 4.79 Å². The van der Waals surface area contributed by atoms with Crippen molar-refractivity contribution in [3.8, 4) is 0 Å². The molecule has 22 heavy (non-hydrogen) atoms. The molecular weight excluding hydrogens is 298 g/mol. The molecule has 4 nitrogen and oxygen atoms in total. The average Bonchev–Trinajstić information content (AvgIpc) is 2.53. The van der Waals surface area contributed by atoms with E-state index < -0.39 is 0 Å². The molecule has 1 aromatic rings. The molecule has 2 rings (SSSR count). The van der Waals surface area contributed by atoms with E-state index in [0.717, 1.165) is 50.1 Å². The first-order chi connectivity index (χ1) is 10.2. The topological polar surface area (TPSA) is 44.4 Å². The van der Waals surface area contributed by atoms with Crippen LogP contribution in [0.4, 0.5) is 0 Å². The van der Waals surface area contributed by atoms with Crippen LogP contribution in [0, 0.1) is 0 Å². The molecule has 5 heteroatoms. The van der Waals surface area contributed by atoms with Crippen LogP contribution in [-0.4, -0.2) is 50.1 Å². The lowest BCUT2D eigenvalue weighted by Crippen LogP contribution is -2.47. The fourth-order valence-electron chi connectivity index (χ4n) is 2.94. The largest absolute Gasteiger partial charge is 0.348 e. The summed E-state index contributed by atoms with van der Waals surface area (Å²) in [6.07, 6.45) is 3.13. The maximum Gasteiger partial charge on any atom is 0.251 e. The molecule has 124 valence electrons. The number of carbonyl (C=O) groups excluding carboxylic acids is 1. The zero-order chi connectivity index (χ0) is 15.1. The van der Waals surface area contributed by atoms with E-state index in [4.69, 9.17) is 0 Å². The molecule has 0 spiro atoms. The fourth-order valence-corrected chi connectivity index (χ4v) is 2.94. The summed E-state index contributed by atoms with van der Waals surface area (Å²) in [6.45, 7) is 6.25. The number of halogens is 1. The molecule has 1 saturated heterocycles. The van der Waals surface area contributed by atoms with Crippen LogP contribution in [0.3, 0.4) is 0 Å². The fraction of sp³-hybridized carbons (Fsp3) is 0.588. The Labute approximate surface area is 140 Å². The molecule has 0 bridgehead atoms. The summed E-state index contributed by atoms with van der Waals surface area (Å²) < 4.78 is 0. The predicted molar refractivity (Wildman–Crippen MR) is 93.9 cm³/mol. The SMILES string of the molecule is CCN1CCCC(NC(=O)c2ccccc2CCNC)C1.Cl. The van der Waals surface area contributed by atoms with E-state index in [1.54, 1.807) is 0 Å². The highest BCUT2D eigenvalue weighted by molar-refractivity contribution is 5.95. The van der Waals surface area contributed by atoms with Crippen molar-refractivity contribution in [3.05, 3.63) is 35.4 Å². The Morgan fingerprint density at radius 1 is 1.36 bits per heavy atom. The summed E-state index contributed by atoms with van der Waals surface area (Å²) in [5.74, 6) is 0.0738. The third kappa shape index (κ3) is 5.27.